The van der Waals surface area contributed by atoms with Crippen LogP contribution in [0.5, 0.6) is 0 Å². The second kappa shape index (κ2) is 10.1. The minimum absolute atomic E-state index is 1.14. The van der Waals surface area contributed by atoms with Gasteiger partial charge in [0.25, 0.3) is 0 Å². The highest BCUT2D eigenvalue weighted by atomic mass is 32.1. The molecular weight excluding hydrogens is 551 g/mol. The molecule has 0 atom stereocenters. The zero-order chi connectivity index (χ0) is 29.0. The molecular formula is C42H27NS. The van der Waals surface area contributed by atoms with Crippen LogP contribution in [0.2, 0.25) is 0 Å². The predicted molar refractivity (Wildman–Crippen MR) is 192 cm³/mol. The maximum Gasteiger partial charge on any atom is 0.0561 e. The van der Waals surface area contributed by atoms with Crippen LogP contribution in [0.15, 0.2) is 164 Å². The Labute approximate surface area is 259 Å². The molecule has 0 radical (unpaired) electrons. The largest absolute Gasteiger partial charge is 0.310 e. The van der Waals surface area contributed by atoms with Gasteiger partial charge in [-0.3, -0.25) is 0 Å². The van der Waals surface area contributed by atoms with Crippen molar-refractivity contribution < 1.29 is 0 Å². The van der Waals surface area contributed by atoms with E-state index in [9.17, 15) is 0 Å². The molecule has 2 heteroatoms. The van der Waals surface area contributed by atoms with E-state index in [4.69, 9.17) is 0 Å². The molecule has 8 aromatic carbocycles. The highest BCUT2D eigenvalue weighted by Crippen LogP contribution is 2.48. The molecule has 0 spiro atoms. The van der Waals surface area contributed by atoms with Gasteiger partial charge in [-0.1, -0.05) is 127 Å². The Kier molecular flexibility index (Phi) is 5.75. The lowest BCUT2D eigenvalue weighted by molar-refractivity contribution is 1.31. The monoisotopic (exact) mass is 577 g/mol. The van der Waals surface area contributed by atoms with Crippen molar-refractivity contribution in [1.82, 2.24) is 0 Å². The van der Waals surface area contributed by atoms with E-state index >= 15 is 0 Å². The maximum atomic E-state index is 2.47. The van der Waals surface area contributed by atoms with E-state index in [-0.39, 0.29) is 0 Å². The summed E-state index contributed by atoms with van der Waals surface area (Å²) in [6, 6.07) is 59.8. The Hall–Kier alpha value is -5.44. The van der Waals surface area contributed by atoms with Gasteiger partial charge in [-0.2, -0.15) is 0 Å². The van der Waals surface area contributed by atoms with Crippen molar-refractivity contribution in [2.45, 2.75) is 0 Å². The molecule has 44 heavy (non-hydrogen) atoms. The van der Waals surface area contributed by atoms with Crippen LogP contribution in [0.3, 0.4) is 0 Å². The van der Waals surface area contributed by atoms with Gasteiger partial charge >= 0.3 is 0 Å². The molecule has 0 unspecified atom stereocenters. The number of thiophene rings is 1. The summed E-state index contributed by atoms with van der Waals surface area (Å²) in [7, 11) is 0. The molecule has 0 amide bonds. The first-order valence-corrected chi connectivity index (χ1v) is 15.8. The van der Waals surface area contributed by atoms with Gasteiger partial charge in [0, 0.05) is 31.5 Å². The van der Waals surface area contributed by atoms with Crippen molar-refractivity contribution in [3.63, 3.8) is 0 Å². The summed E-state index contributed by atoms with van der Waals surface area (Å²) in [5.74, 6) is 0. The summed E-state index contributed by atoms with van der Waals surface area (Å²) >= 11 is 1.89. The number of fused-ring (bicyclic) bond motifs is 8. The van der Waals surface area contributed by atoms with Crippen LogP contribution in [0.4, 0.5) is 17.1 Å². The van der Waals surface area contributed by atoms with Crippen molar-refractivity contribution in [3.8, 4) is 11.1 Å². The van der Waals surface area contributed by atoms with Gasteiger partial charge < -0.3 is 4.90 Å². The molecule has 0 aliphatic heterocycles. The summed E-state index contributed by atoms with van der Waals surface area (Å²) in [5.41, 5.74) is 5.89. The highest BCUT2D eigenvalue weighted by molar-refractivity contribution is 7.26. The van der Waals surface area contributed by atoms with Gasteiger partial charge in [-0.25, -0.2) is 0 Å². The summed E-state index contributed by atoms with van der Waals surface area (Å²) in [6.45, 7) is 0. The van der Waals surface area contributed by atoms with Crippen LogP contribution in [0.25, 0.3) is 63.6 Å². The third kappa shape index (κ3) is 4.00. The number of anilines is 3. The van der Waals surface area contributed by atoms with Crippen LogP contribution >= 0.6 is 11.3 Å². The molecule has 0 aliphatic carbocycles. The summed E-state index contributed by atoms with van der Waals surface area (Å²) in [6.07, 6.45) is 0. The molecule has 206 valence electrons. The lowest BCUT2D eigenvalue weighted by Gasteiger charge is -2.28. The van der Waals surface area contributed by atoms with Gasteiger partial charge in [0.1, 0.15) is 0 Å². The number of hydrogen-bond acceptors (Lipinski definition) is 2. The summed E-state index contributed by atoms with van der Waals surface area (Å²) in [5, 5.41) is 10.2. The molecule has 0 saturated heterocycles. The van der Waals surface area contributed by atoms with E-state index < -0.39 is 0 Å². The van der Waals surface area contributed by atoms with E-state index in [2.05, 4.69) is 169 Å². The van der Waals surface area contributed by atoms with Crippen molar-refractivity contribution in [2.24, 2.45) is 0 Å². The van der Waals surface area contributed by atoms with E-state index in [1.165, 1.54) is 69.3 Å². The van der Waals surface area contributed by atoms with Gasteiger partial charge in [-0.15, -0.1) is 11.3 Å². The quantitative estimate of drug-likeness (QED) is 0.188. The molecule has 1 nitrogen and oxygen atoms in total. The minimum Gasteiger partial charge on any atom is -0.310 e. The molecule has 9 aromatic rings. The van der Waals surface area contributed by atoms with Crippen molar-refractivity contribution in [2.75, 3.05) is 4.90 Å². The maximum absolute atomic E-state index is 2.47. The average molecular weight is 578 g/mol. The number of rotatable bonds is 4. The lowest BCUT2D eigenvalue weighted by Crippen LogP contribution is -2.10. The van der Waals surface area contributed by atoms with E-state index in [1.807, 2.05) is 11.3 Å². The smallest absolute Gasteiger partial charge is 0.0561 e. The van der Waals surface area contributed by atoms with Crippen LogP contribution in [-0.2, 0) is 0 Å². The molecule has 0 fully saturated rings. The van der Waals surface area contributed by atoms with E-state index in [0.717, 1.165) is 11.4 Å². The third-order valence-electron chi connectivity index (χ3n) is 8.79. The van der Waals surface area contributed by atoms with E-state index in [0.29, 0.717) is 0 Å². The van der Waals surface area contributed by atoms with Crippen molar-refractivity contribution >= 4 is 80.9 Å². The molecule has 0 saturated carbocycles. The second-order valence-corrected chi connectivity index (χ2v) is 12.4. The highest BCUT2D eigenvalue weighted by Gasteiger charge is 2.21. The fourth-order valence-electron chi connectivity index (χ4n) is 6.73. The van der Waals surface area contributed by atoms with Crippen molar-refractivity contribution in [1.29, 1.82) is 0 Å². The average Bonchev–Trinajstić information content (AvgIpc) is 3.49. The van der Waals surface area contributed by atoms with E-state index in [1.54, 1.807) is 0 Å². The number of benzene rings is 8. The lowest BCUT2D eigenvalue weighted by atomic mass is 9.99. The zero-order valence-corrected chi connectivity index (χ0v) is 24.8. The predicted octanol–water partition coefficient (Wildman–Crippen LogP) is 12.7. The standard InChI is InChI=1S/C42H27NS/c1-2-11-28(12-3-1)31-15-10-16-33(25-31)43(34-24-23-30-22-21-29-13-4-6-17-35(29)38(30)27-34)39-26-32-14-5-7-18-36(32)42-41(39)37-19-8-9-20-40(37)44-42/h1-27H. The topological polar surface area (TPSA) is 3.24 Å². The number of nitrogens with zero attached hydrogens (tertiary/aromatic N) is 1. The fraction of sp³-hybridized carbons (Fsp3) is 0. The third-order valence-corrected chi connectivity index (χ3v) is 9.99. The molecule has 1 heterocycles. The second-order valence-electron chi connectivity index (χ2n) is 11.4. The van der Waals surface area contributed by atoms with Crippen LogP contribution in [0, 0.1) is 0 Å². The zero-order valence-electron chi connectivity index (χ0n) is 23.9. The molecule has 0 aliphatic rings. The Morgan fingerprint density at radius 3 is 1.89 bits per heavy atom. The Morgan fingerprint density at radius 2 is 1.02 bits per heavy atom. The molecule has 1 aromatic heterocycles. The SMILES string of the molecule is c1ccc(-c2cccc(N(c3ccc4ccc5ccccc5c4c3)c3cc4ccccc4c4sc5ccccc5c34)c2)cc1. The fourth-order valence-corrected chi connectivity index (χ4v) is 7.99. The Morgan fingerprint density at radius 1 is 0.386 bits per heavy atom. The Bertz CT molecular complexity index is 2510. The van der Waals surface area contributed by atoms with Gasteiger partial charge in [0.05, 0.1) is 5.69 Å². The summed E-state index contributed by atoms with van der Waals surface area (Å²) in [4.78, 5) is 2.47. The van der Waals surface area contributed by atoms with Gasteiger partial charge in [0.2, 0.25) is 0 Å². The van der Waals surface area contributed by atoms with Gasteiger partial charge in [0.15, 0.2) is 0 Å². The molecule has 0 bridgehead atoms. The summed E-state index contributed by atoms with van der Waals surface area (Å²) < 4.78 is 2.64. The first-order valence-electron chi connectivity index (χ1n) is 15.0. The van der Waals surface area contributed by atoms with Crippen LogP contribution in [-0.4, -0.2) is 0 Å². The Balaban J connectivity index is 1.39. The molecule has 9 rings (SSSR count). The minimum atomic E-state index is 1.14. The first kappa shape index (κ1) is 25.1. The normalized spacial score (nSPS) is 11.6. The molecule has 0 N–H and O–H groups in total. The van der Waals surface area contributed by atoms with Gasteiger partial charge in [-0.05, 0) is 79.8 Å². The number of hydrogen-bond donors (Lipinski definition) is 0. The van der Waals surface area contributed by atoms with Crippen LogP contribution in [0.1, 0.15) is 0 Å². The van der Waals surface area contributed by atoms with Crippen LogP contribution < -0.4 is 4.90 Å². The van der Waals surface area contributed by atoms with Crippen molar-refractivity contribution in [3.05, 3.63) is 164 Å². The first-order chi connectivity index (χ1) is 21.8.